The van der Waals surface area contributed by atoms with Crippen LogP contribution in [0.25, 0.3) is 0 Å². The predicted octanol–water partition coefficient (Wildman–Crippen LogP) is 4.44. The second kappa shape index (κ2) is 14.7. The minimum absolute atomic E-state index is 0.0469. The van der Waals surface area contributed by atoms with Gasteiger partial charge in [0, 0.05) is 58.5 Å². The average molecular weight is 867 g/mol. The molecule has 6 aromatic carbocycles. The number of aromatic hydroxyl groups is 12. The molecular formula is C45H38O18. The van der Waals surface area contributed by atoms with Gasteiger partial charge in [-0.3, -0.25) is 0 Å². The highest BCUT2D eigenvalue weighted by molar-refractivity contribution is 5.70. The molecule has 0 spiro atoms. The largest absolute Gasteiger partial charge is 0.508 e. The molecule has 0 radical (unpaired) electrons. The molecule has 0 saturated heterocycles. The number of hydrogen-bond donors (Lipinski definition) is 15. The van der Waals surface area contributed by atoms with E-state index in [2.05, 4.69) is 0 Å². The van der Waals surface area contributed by atoms with Gasteiger partial charge in [-0.25, -0.2) is 0 Å². The first kappa shape index (κ1) is 40.6. The molecule has 8 atom stereocenters. The number of hydrogen-bond acceptors (Lipinski definition) is 18. The van der Waals surface area contributed by atoms with E-state index in [1.807, 2.05) is 0 Å². The van der Waals surface area contributed by atoms with Crippen molar-refractivity contribution in [1.82, 2.24) is 0 Å². The van der Waals surface area contributed by atoms with Gasteiger partial charge < -0.3 is 90.8 Å². The molecule has 0 fully saturated rings. The molecule has 0 bridgehead atoms. The molecule has 0 aliphatic carbocycles. The first-order chi connectivity index (χ1) is 29.9. The molecule has 0 aromatic heterocycles. The van der Waals surface area contributed by atoms with Crippen LogP contribution in [-0.2, 0) is 6.42 Å². The maximum absolute atomic E-state index is 12.5. The summed E-state index contributed by atoms with van der Waals surface area (Å²) >= 11 is 0. The van der Waals surface area contributed by atoms with Crippen molar-refractivity contribution < 1.29 is 90.8 Å². The van der Waals surface area contributed by atoms with Gasteiger partial charge in [0.05, 0.1) is 17.9 Å². The minimum atomic E-state index is -1.91. The topological polar surface area (TPSA) is 331 Å². The SMILES string of the molecule is Oc1cc(O)c2c(c1)O[C@H](c1ccc(O)c(O)c1)[C@H](O)[C@@H]2c1c(O)cc2c(c1O)[C@H](c1c(O)cc3c(c1O)C[C@H](O)[C@@H](c1ccc(O)c(O)c1)O3)[C@@H](O)[C@@H](c1ccc(O)c(O)c1)O2. The zero-order valence-corrected chi connectivity index (χ0v) is 32.3. The van der Waals surface area contributed by atoms with E-state index in [1.165, 1.54) is 30.3 Å². The number of aliphatic hydroxyl groups excluding tert-OH is 3. The summed E-state index contributed by atoms with van der Waals surface area (Å²) in [4.78, 5) is 0. The number of phenols is 12. The van der Waals surface area contributed by atoms with Crippen LogP contribution in [-0.4, -0.2) is 94.9 Å². The summed E-state index contributed by atoms with van der Waals surface area (Å²) in [5.41, 5.74) is -1.28. The van der Waals surface area contributed by atoms with Crippen molar-refractivity contribution >= 4 is 0 Å². The molecular weight excluding hydrogens is 828 g/mol. The molecule has 3 aliphatic rings. The van der Waals surface area contributed by atoms with E-state index in [0.717, 1.165) is 48.5 Å². The van der Waals surface area contributed by atoms with Crippen molar-refractivity contribution in [3.05, 3.63) is 123 Å². The van der Waals surface area contributed by atoms with E-state index >= 15 is 0 Å². The molecule has 3 aliphatic heterocycles. The number of benzene rings is 6. The summed E-state index contributed by atoms with van der Waals surface area (Å²) in [6.07, 6.45) is -9.64. The summed E-state index contributed by atoms with van der Waals surface area (Å²) < 4.78 is 18.2. The van der Waals surface area contributed by atoms with Crippen LogP contribution in [0.5, 0.6) is 86.2 Å². The average Bonchev–Trinajstić information content (AvgIpc) is 3.22. The van der Waals surface area contributed by atoms with E-state index in [9.17, 15) is 76.6 Å². The fraction of sp³-hybridized carbons (Fsp3) is 0.200. The van der Waals surface area contributed by atoms with Gasteiger partial charge in [-0.05, 0) is 53.1 Å². The molecule has 18 heteroatoms. The van der Waals surface area contributed by atoms with Crippen molar-refractivity contribution in [2.75, 3.05) is 0 Å². The Hall–Kier alpha value is -7.80. The number of rotatable bonds is 5. The lowest BCUT2D eigenvalue weighted by molar-refractivity contribution is 0.00282. The Morgan fingerprint density at radius 1 is 0.365 bits per heavy atom. The van der Waals surface area contributed by atoms with Gasteiger partial charge in [-0.15, -0.1) is 0 Å². The smallest absolute Gasteiger partial charge is 0.157 e. The van der Waals surface area contributed by atoms with Crippen LogP contribution in [0.1, 0.15) is 74.7 Å². The first-order valence-corrected chi connectivity index (χ1v) is 19.3. The van der Waals surface area contributed by atoms with Crippen LogP contribution < -0.4 is 14.2 Å². The highest BCUT2D eigenvalue weighted by atomic mass is 16.5. The fourth-order valence-electron chi connectivity index (χ4n) is 8.91. The van der Waals surface area contributed by atoms with Gasteiger partial charge in [0.15, 0.2) is 46.7 Å². The molecule has 63 heavy (non-hydrogen) atoms. The molecule has 326 valence electrons. The van der Waals surface area contributed by atoms with Crippen LogP contribution in [0.15, 0.2) is 78.9 Å². The van der Waals surface area contributed by atoms with E-state index in [1.54, 1.807) is 0 Å². The van der Waals surface area contributed by atoms with Gasteiger partial charge in [0.1, 0.15) is 70.1 Å². The van der Waals surface area contributed by atoms with Crippen LogP contribution in [0.3, 0.4) is 0 Å². The predicted molar refractivity (Wildman–Crippen MR) is 214 cm³/mol. The molecule has 6 aromatic rings. The lowest BCUT2D eigenvalue weighted by atomic mass is 9.74. The van der Waals surface area contributed by atoms with E-state index in [-0.39, 0.29) is 57.1 Å². The molecule has 0 amide bonds. The first-order valence-electron chi connectivity index (χ1n) is 19.3. The standard InChI is InChI=1S/C45H38O18/c46-18-10-26(53)33-31(11-18)62-44(16-2-5-21(48)24(51)8-16)41(59)37(33)35-28(55)14-32-36(40(35)58)38(42(60)45(63-32)17-3-6-22(49)25(52)9-17)34-27(54)13-30-19(39(34)57)12-29(56)43(61-30)15-1-4-20(47)23(50)7-15/h1-11,13-14,29,37-38,41-60H,12H2/t29-,37-,38-,41+,42+,43+,44+,45+/m0/s1. The van der Waals surface area contributed by atoms with Crippen LogP contribution in [0, 0.1) is 0 Å². The van der Waals surface area contributed by atoms with Gasteiger partial charge in [0.25, 0.3) is 0 Å². The summed E-state index contributed by atoms with van der Waals surface area (Å²) in [5.74, 6) is -11.5. The second-order valence-corrected chi connectivity index (χ2v) is 15.6. The monoisotopic (exact) mass is 866 g/mol. The van der Waals surface area contributed by atoms with Gasteiger partial charge >= 0.3 is 0 Å². The summed E-state index contributed by atoms with van der Waals surface area (Å²) in [7, 11) is 0. The van der Waals surface area contributed by atoms with Gasteiger partial charge in [-0.2, -0.15) is 0 Å². The van der Waals surface area contributed by atoms with Gasteiger partial charge in [0.2, 0.25) is 0 Å². The summed E-state index contributed by atoms with van der Waals surface area (Å²) in [5, 5.41) is 166. The number of aliphatic hydroxyl groups is 3. The molecule has 18 nitrogen and oxygen atoms in total. The van der Waals surface area contributed by atoms with Crippen molar-refractivity contribution in [2.45, 2.75) is 54.9 Å². The van der Waals surface area contributed by atoms with Crippen LogP contribution in [0.2, 0.25) is 0 Å². The molecule has 0 saturated carbocycles. The van der Waals surface area contributed by atoms with E-state index in [0.29, 0.717) is 0 Å². The highest BCUT2D eigenvalue weighted by Crippen LogP contribution is 2.61. The molecule has 15 N–H and O–H groups in total. The van der Waals surface area contributed by atoms with Gasteiger partial charge in [-0.1, -0.05) is 18.2 Å². The lowest BCUT2D eigenvalue weighted by Gasteiger charge is -2.41. The quantitative estimate of drug-likeness (QED) is 0.106. The molecule has 9 rings (SSSR count). The zero-order chi connectivity index (χ0) is 44.9. The van der Waals surface area contributed by atoms with Crippen molar-refractivity contribution in [3.63, 3.8) is 0 Å². The minimum Gasteiger partial charge on any atom is -0.508 e. The highest BCUT2D eigenvalue weighted by Gasteiger charge is 2.49. The third-order valence-electron chi connectivity index (χ3n) is 11.9. The Kier molecular flexibility index (Phi) is 9.46. The maximum Gasteiger partial charge on any atom is 0.157 e. The second-order valence-electron chi connectivity index (χ2n) is 15.6. The third-order valence-corrected chi connectivity index (χ3v) is 11.9. The Morgan fingerprint density at radius 2 is 0.778 bits per heavy atom. The summed E-state index contributed by atoms with van der Waals surface area (Å²) in [6, 6.07) is 14.8. The number of ether oxygens (including phenoxy) is 3. The number of phenolic OH excluding ortho intramolecular Hbond substituents is 12. The summed E-state index contributed by atoms with van der Waals surface area (Å²) in [6.45, 7) is 0. The normalized spacial score (nSPS) is 23.6. The zero-order valence-electron chi connectivity index (χ0n) is 32.3. The van der Waals surface area contributed by atoms with Crippen molar-refractivity contribution in [3.8, 4) is 86.2 Å². The lowest BCUT2D eigenvalue weighted by Crippen LogP contribution is -2.37. The van der Waals surface area contributed by atoms with Crippen LogP contribution in [0.4, 0.5) is 0 Å². The van der Waals surface area contributed by atoms with Crippen molar-refractivity contribution in [1.29, 1.82) is 0 Å². The Bertz CT molecular complexity index is 2840. The van der Waals surface area contributed by atoms with Crippen molar-refractivity contribution in [2.24, 2.45) is 0 Å². The number of fused-ring (bicyclic) bond motifs is 3. The maximum atomic E-state index is 12.5. The third kappa shape index (κ3) is 6.46. The Labute approximate surface area is 354 Å². The van der Waals surface area contributed by atoms with E-state index in [4.69, 9.17) is 14.2 Å². The van der Waals surface area contributed by atoms with E-state index < -0.39 is 129 Å². The molecule has 3 heterocycles. The Balaban J connectivity index is 1.24. The fourth-order valence-corrected chi connectivity index (χ4v) is 8.91. The Morgan fingerprint density at radius 3 is 1.29 bits per heavy atom. The molecule has 0 unspecified atom stereocenters. The van der Waals surface area contributed by atoms with Crippen LogP contribution >= 0.6 is 0 Å².